The molecule has 0 radical (unpaired) electrons. The van der Waals surface area contributed by atoms with Crippen LogP contribution in [0.25, 0.3) is 0 Å². The Bertz CT molecular complexity index is 904. The van der Waals surface area contributed by atoms with Crippen molar-refractivity contribution in [3.63, 3.8) is 0 Å². The van der Waals surface area contributed by atoms with E-state index < -0.39 is 11.5 Å². The minimum Gasteiger partial charge on any atom is -0.455 e. The third-order valence-corrected chi connectivity index (χ3v) is 13.8. The van der Waals surface area contributed by atoms with Crippen molar-refractivity contribution in [2.24, 2.45) is 62.6 Å². The zero-order chi connectivity index (χ0) is 25.8. The Morgan fingerprint density at radius 3 is 2.17 bits per heavy atom. The lowest BCUT2D eigenvalue weighted by Crippen LogP contribution is -2.67. The summed E-state index contributed by atoms with van der Waals surface area (Å²) in [5.74, 6) is 4.12. The second-order valence-electron chi connectivity index (χ2n) is 15.7. The van der Waals surface area contributed by atoms with E-state index >= 15 is 0 Å². The molecule has 0 unspecified atom stereocenters. The molecular formula is C32H52O3. The van der Waals surface area contributed by atoms with Gasteiger partial charge in [0.1, 0.15) is 0 Å². The number of esters is 1. The van der Waals surface area contributed by atoms with Crippen LogP contribution in [-0.2, 0) is 14.3 Å². The van der Waals surface area contributed by atoms with Crippen LogP contribution in [0.1, 0.15) is 120 Å². The van der Waals surface area contributed by atoms with Crippen LogP contribution in [-0.4, -0.2) is 17.9 Å². The zero-order valence-corrected chi connectivity index (χ0v) is 24.1. The molecule has 3 heteroatoms. The molecule has 0 aliphatic heterocycles. The molecule has 198 valence electrons. The van der Waals surface area contributed by atoms with Gasteiger partial charge in [-0.05, 0) is 115 Å². The largest absolute Gasteiger partial charge is 0.455 e. The van der Waals surface area contributed by atoms with Gasteiger partial charge in [0.25, 0.3) is 0 Å². The molecule has 10 atom stereocenters. The van der Waals surface area contributed by atoms with Crippen molar-refractivity contribution in [2.45, 2.75) is 126 Å². The fraction of sp³-hybridized carbons (Fsp3) is 0.938. The van der Waals surface area contributed by atoms with Crippen LogP contribution in [0.3, 0.4) is 0 Å². The predicted octanol–water partition coefficient (Wildman–Crippen LogP) is 7.85. The summed E-state index contributed by atoms with van der Waals surface area (Å²) in [5, 5.41) is 0. The molecule has 0 aromatic carbocycles. The summed E-state index contributed by atoms with van der Waals surface area (Å²) >= 11 is 0. The Hall–Kier alpha value is -0.860. The smallest absolute Gasteiger partial charge is 0.303 e. The molecule has 5 saturated carbocycles. The molecule has 0 aromatic heterocycles. The highest BCUT2D eigenvalue weighted by Gasteiger charge is 2.71. The van der Waals surface area contributed by atoms with Crippen LogP contribution in [0.2, 0.25) is 0 Å². The summed E-state index contributed by atoms with van der Waals surface area (Å²) in [6, 6.07) is 0. The van der Waals surface area contributed by atoms with E-state index in [2.05, 4.69) is 55.4 Å². The third-order valence-electron chi connectivity index (χ3n) is 13.8. The number of hydrogen-bond acceptors (Lipinski definition) is 3. The zero-order valence-electron chi connectivity index (χ0n) is 24.1. The van der Waals surface area contributed by atoms with Crippen molar-refractivity contribution in [3.8, 4) is 0 Å². The fourth-order valence-electron chi connectivity index (χ4n) is 12.0. The molecule has 5 rings (SSSR count). The SMILES string of the molecule is CC(=O)O[C@@H]1C[C@@]2(C)[C@@H](CC[C@]3(C)[C@H]2CC[C@@H]2[C@H]4[C@H](C(C)C)CC[C@@]4(C)CC[C@]23C)C(C)(C)C1=O. The van der Waals surface area contributed by atoms with Gasteiger partial charge in [-0.15, -0.1) is 0 Å². The van der Waals surface area contributed by atoms with Gasteiger partial charge in [0.05, 0.1) is 0 Å². The number of carbonyl (C=O) groups excluding carboxylic acids is 2. The maximum atomic E-state index is 13.5. The maximum absolute atomic E-state index is 13.5. The van der Waals surface area contributed by atoms with E-state index in [1.807, 2.05) is 0 Å². The topological polar surface area (TPSA) is 43.4 Å². The van der Waals surface area contributed by atoms with E-state index in [-0.39, 0.29) is 22.6 Å². The summed E-state index contributed by atoms with van der Waals surface area (Å²) < 4.78 is 5.72. The van der Waals surface area contributed by atoms with Crippen molar-refractivity contribution in [1.82, 2.24) is 0 Å². The van der Waals surface area contributed by atoms with Gasteiger partial charge >= 0.3 is 5.97 Å². The predicted molar refractivity (Wildman–Crippen MR) is 141 cm³/mol. The molecule has 0 amide bonds. The molecule has 0 bridgehead atoms. The second kappa shape index (κ2) is 7.83. The molecule has 0 heterocycles. The van der Waals surface area contributed by atoms with E-state index in [1.165, 1.54) is 51.9 Å². The van der Waals surface area contributed by atoms with Crippen LogP contribution < -0.4 is 0 Å². The molecule has 0 saturated heterocycles. The lowest BCUT2D eigenvalue weighted by molar-refractivity contribution is -0.242. The summed E-state index contributed by atoms with van der Waals surface area (Å²) in [7, 11) is 0. The Morgan fingerprint density at radius 2 is 1.54 bits per heavy atom. The number of carbonyl (C=O) groups is 2. The molecule has 0 N–H and O–H groups in total. The Morgan fingerprint density at radius 1 is 0.857 bits per heavy atom. The standard InChI is InChI=1S/C32H52O3/c1-19(2)21-12-14-29(6)16-17-31(8)22(26(21)29)10-11-25-30(7)18-23(35-20(3)33)27(34)28(4,5)24(30)13-15-32(25,31)9/h19,21-26H,10-18H2,1-9H3/t21-,22+,23+,24-,25-,26+,29-,30-,31+,32+/m0/s1. The molecule has 35 heavy (non-hydrogen) atoms. The number of ether oxygens (including phenoxy) is 1. The molecule has 5 aliphatic carbocycles. The summed E-state index contributed by atoms with van der Waals surface area (Å²) in [6.45, 7) is 21.1. The van der Waals surface area contributed by atoms with Gasteiger partial charge in [0, 0.05) is 12.3 Å². The lowest BCUT2D eigenvalue weighted by Gasteiger charge is -2.72. The maximum Gasteiger partial charge on any atom is 0.303 e. The van der Waals surface area contributed by atoms with Crippen LogP contribution in [0, 0.1) is 62.6 Å². The van der Waals surface area contributed by atoms with Crippen LogP contribution in [0.5, 0.6) is 0 Å². The second-order valence-corrected chi connectivity index (χ2v) is 15.7. The molecular weight excluding hydrogens is 432 g/mol. The highest BCUT2D eigenvalue weighted by atomic mass is 16.5. The van der Waals surface area contributed by atoms with E-state index in [9.17, 15) is 9.59 Å². The van der Waals surface area contributed by atoms with Crippen molar-refractivity contribution in [3.05, 3.63) is 0 Å². The summed E-state index contributed by atoms with van der Waals surface area (Å²) in [6.07, 6.45) is 10.7. The number of fused-ring (bicyclic) bond motifs is 7. The first-order valence-corrected chi connectivity index (χ1v) is 14.8. The van der Waals surface area contributed by atoms with E-state index in [1.54, 1.807) is 0 Å². The Labute approximate surface area is 214 Å². The average molecular weight is 485 g/mol. The first-order valence-electron chi connectivity index (χ1n) is 14.8. The minimum atomic E-state index is -0.577. The fourth-order valence-corrected chi connectivity index (χ4v) is 12.0. The van der Waals surface area contributed by atoms with E-state index in [4.69, 9.17) is 4.74 Å². The lowest BCUT2D eigenvalue weighted by atomic mass is 9.32. The van der Waals surface area contributed by atoms with Gasteiger partial charge in [-0.1, -0.05) is 55.4 Å². The summed E-state index contributed by atoms with van der Waals surface area (Å²) in [4.78, 5) is 25.5. The van der Waals surface area contributed by atoms with E-state index in [0.717, 1.165) is 36.5 Å². The number of hydrogen-bond donors (Lipinski definition) is 0. The van der Waals surface area contributed by atoms with Crippen LogP contribution >= 0.6 is 0 Å². The molecule has 0 aromatic rings. The van der Waals surface area contributed by atoms with Gasteiger partial charge < -0.3 is 4.74 Å². The van der Waals surface area contributed by atoms with Crippen LogP contribution in [0.4, 0.5) is 0 Å². The Balaban J connectivity index is 1.54. The monoisotopic (exact) mass is 484 g/mol. The minimum absolute atomic E-state index is 0.0341. The van der Waals surface area contributed by atoms with Crippen molar-refractivity contribution in [2.75, 3.05) is 0 Å². The van der Waals surface area contributed by atoms with Gasteiger partial charge in [0.15, 0.2) is 11.9 Å². The number of rotatable bonds is 2. The van der Waals surface area contributed by atoms with Crippen LogP contribution in [0.15, 0.2) is 0 Å². The normalized spacial score (nSPS) is 52.8. The average Bonchev–Trinajstić information content (AvgIpc) is 3.10. The van der Waals surface area contributed by atoms with Crippen molar-refractivity contribution < 1.29 is 14.3 Å². The third kappa shape index (κ3) is 3.27. The van der Waals surface area contributed by atoms with E-state index in [0.29, 0.717) is 22.7 Å². The number of Topliss-reactive ketones (excluding diaryl/α,β-unsaturated/α-hetero) is 1. The molecule has 3 nitrogen and oxygen atoms in total. The van der Waals surface area contributed by atoms with Crippen molar-refractivity contribution >= 4 is 11.8 Å². The van der Waals surface area contributed by atoms with Gasteiger partial charge in [0.2, 0.25) is 0 Å². The molecule has 0 spiro atoms. The van der Waals surface area contributed by atoms with Crippen molar-refractivity contribution in [1.29, 1.82) is 0 Å². The van der Waals surface area contributed by atoms with Gasteiger partial charge in [-0.25, -0.2) is 0 Å². The summed E-state index contributed by atoms with van der Waals surface area (Å²) in [5.41, 5.74) is 0.763. The number of ketones is 1. The van der Waals surface area contributed by atoms with Gasteiger partial charge in [-0.3, -0.25) is 9.59 Å². The molecule has 5 fully saturated rings. The quantitative estimate of drug-likeness (QED) is 0.375. The van der Waals surface area contributed by atoms with Gasteiger partial charge in [-0.2, -0.15) is 0 Å². The highest BCUT2D eigenvalue weighted by Crippen LogP contribution is 2.77. The Kier molecular flexibility index (Phi) is 5.76. The first-order chi connectivity index (χ1) is 16.1. The first kappa shape index (κ1) is 25.8. The molecule has 5 aliphatic rings. The highest BCUT2D eigenvalue weighted by molar-refractivity contribution is 5.91.